The van der Waals surface area contributed by atoms with Gasteiger partial charge in [0.2, 0.25) is 10.0 Å². The van der Waals surface area contributed by atoms with Gasteiger partial charge in [-0.1, -0.05) is 48.0 Å². The van der Waals surface area contributed by atoms with Crippen LogP contribution >= 0.6 is 0 Å². The third-order valence-electron chi connectivity index (χ3n) is 5.74. The second-order valence-corrected chi connectivity index (χ2v) is 9.57. The molecule has 0 unspecified atom stereocenters. The molecule has 2 aromatic carbocycles. The number of nitrogens with zero attached hydrogens (tertiary/aromatic N) is 2. The summed E-state index contributed by atoms with van der Waals surface area (Å²) in [5.74, 6) is 0. The maximum absolute atomic E-state index is 13.1. The lowest BCUT2D eigenvalue weighted by Crippen LogP contribution is -2.27. The largest absolute Gasteiger partial charge is 0.308 e. The van der Waals surface area contributed by atoms with Crippen molar-refractivity contribution in [3.05, 3.63) is 98.5 Å². The summed E-state index contributed by atoms with van der Waals surface area (Å²) in [6.07, 6.45) is 0. The maximum Gasteiger partial charge on any atom is 0.254 e. The van der Waals surface area contributed by atoms with E-state index < -0.39 is 10.0 Å². The molecule has 4 rings (SSSR count). The normalized spacial score (nSPS) is 14.2. The van der Waals surface area contributed by atoms with E-state index in [1.807, 2.05) is 44.2 Å². The lowest BCUT2D eigenvalue weighted by Gasteiger charge is -2.16. The number of fused-ring (bicyclic) bond motifs is 1. The van der Waals surface area contributed by atoms with Crippen LogP contribution in [0.4, 0.5) is 0 Å². The van der Waals surface area contributed by atoms with Crippen LogP contribution in [-0.4, -0.2) is 17.3 Å². The van der Waals surface area contributed by atoms with Gasteiger partial charge < -0.3 is 4.57 Å². The van der Waals surface area contributed by atoms with Gasteiger partial charge in [-0.3, -0.25) is 4.79 Å². The summed E-state index contributed by atoms with van der Waals surface area (Å²) in [7, 11) is -3.62. The summed E-state index contributed by atoms with van der Waals surface area (Å²) in [5.41, 5.74) is 5.24. The third kappa shape index (κ3) is 3.43. The smallest absolute Gasteiger partial charge is 0.254 e. The molecule has 1 aromatic heterocycles. The van der Waals surface area contributed by atoms with Gasteiger partial charge in [0.15, 0.2) is 0 Å². The average Bonchev–Trinajstić information content (AvgIpc) is 3.17. The van der Waals surface area contributed by atoms with Crippen LogP contribution in [0.2, 0.25) is 0 Å². The number of pyridine rings is 1. The zero-order valence-corrected chi connectivity index (χ0v) is 17.7. The second kappa shape index (κ2) is 7.28. The van der Waals surface area contributed by atoms with E-state index in [0.717, 1.165) is 27.9 Å². The van der Waals surface area contributed by atoms with Gasteiger partial charge in [0.25, 0.3) is 5.56 Å². The molecule has 1 aliphatic heterocycles. The Hall–Kier alpha value is -2.70. The van der Waals surface area contributed by atoms with Crippen molar-refractivity contribution in [2.24, 2.45) is 0 Å². The number of aryl methyl sites for hydroxylation is 1. The Kier molecular flexibility index (Phi) is 4.92. The Labute approximate surface area is 171 Å². The van der Waals surface area contributed by atoms with E-state index in [1.54, 1.807) is 35.8 Å². The number of hydrogen-bond acceptors (Lipinski definition) is 3. The quantitative estimate of drug-likeness (QED) is 0.664. The average molecular weight is 409 g/mol. The Morgan fingerprint density at radius 3 is 2.14 bits per heavy atom. The Balaban J connectivity index is 1.73. The van der Waals surface area contributed by atoms with Crippen LogP contribution in [0, 0.1) is 20.8 Å². The first-order valence-electron chi connectivity index (χ1n) is 9.61. The van der Waals surface area contributed by atoms with Gasteiger partial charge >= 0.3 is 0 Å². The molecule has 0 aliphatic carbocycles. The lowest BCUT2D eigenvalue weighted by molar-refractivity contribution is 0.430. The van der Waals surface area contributed by atoms with E-state index >= 15 is 0 Å². The van der Waals surface area contributed by atoms with Crippen molar-refractivity contribution in [1.82, 2.24) is 8.87 Å². The maximum atomic E-state index is 13.1. The highest BCUT2D eigenvalue weighted by atomic mass is 32.2. The Morgan fingerprint density at radius 1 is 0.862 bits per heavy atom. The first-order valence-corrected chi connectivity index (χ1v) is 11.1. The summed E-state index contributed by atoms with van der Waals surface area (Å²) in [4.78, 5) is 13.3. The molecule has 0 fully saturated rings. The molecule has 1 aliphatic rings. The van der Waals surface area contributed by atoms with Crippen molar-refractivity contribution in [1.29, 1.82) is 0 Å². The highest BCUT2D eigenvalue weighted by Crippen LogP contribution is 2.31. The molecule has 6 heteroatoms. The van der Waals surface area contributed by atoms with Crippen LogP contribution in [-0.2, 0) is 29.7 Å². The minimum absolute atomic E-state index is 0.0558. The predicted octanol–water partition coefficient (Wildman–Crippen LogP) is 3.53. The van der Waals surface area contributed by atoms with Crippen molar-refractivity contribution in [2.75, 3.05) is 0 Å². The lowest BCUT2D eigenvalue weighted by atomic mass is 10.0. The Bertz CT molecular complexity index is 1230. The number of hydrogen-bond donors (Lipinski definition) is 0. The fourth-order valence-corrected chi connectivity index (χ4v) is 5.29. The van der Waals surface area contributed by atoms with Crippen LogP contribution in [0.5, 0.6) is 0 Å². The van der Waals surface area contributed by atoms with Crippen LogP contribution in [0.25, 0.3) is 0 Å². The highest BCUT2D eigenvalue weighted by Gasteiger charge is 2.34. The molecule has 0 spiro atoms. The SMILES string of the molecule is Cc1ccc(S(=O)(=O)N2Cc3c(c(C)n(Cc4ccccc4)c(=O)c3C)C2)cc1. The van der Waals surface area contributed by atoms with Gasteiger partial charge in [-0.25, -0.2) is 8.42 Å². The molecule has 0 atom stereocenters. The van der Waals surface area contributed by atoms with Crippen molar-refractivity contribution >= 4 is 10.0 Å². The molecular weight excluding hydrogens is 384 g/mol. The third-order valence-corrected chi connectivity index (χ3v) is 7.54. The zero-order valence-electron chi connectivity index (χ0n) is 16.8. The van der Waals surface area contributed by atoms with Crippen LogP contribution in [0.3, 0.4) is 0 Å². The van der Waals surface area contributed by atoms with Crippen molar-refractivity contribution in [3.63, 3.8) is 0 Å². The minimum atomic E-state index is -3.62. The van der Waals surface area contributed by atoms with Crippen molar-refractivity contribution < 1.29 is 8.42 Å². The van der Waals surface area contributed by atoms with Gasteiger partial charge in [-0.2, -0.15) is 4.31 Å². The predicted molar refractivity (Wildman–Crippen MR) is 113 cm³/mol. The van der Waals surface area contributed by atoms with E-state index in [-0.39, 0.29) is 23.5 Å². The van der Waals surface area contributed by atoms with E-state index in [0.29, 0.717) is 12.1 Å². The van der Waals surface area contributed by atoms with Crippen LogP contribution in [0.1, 0.15) is 33.5 Å². The first kappa shape index (κ1) is 19.6. The van der Waals surface area contributed by atoms with Crippen molar-refractivity contribution in [3.8, 4) is 0 Å². The van der Waals surface area contributed by atoms with Gasteiger partial charge in [0.05, 0.1) is 11.4 Å². The number of sulfonamides is 1. The van der Waals surface area contributed by atoms with Gasteiger partial charge in [-0.15, -0.1) is 0 Å². The molecule has 0 bridgehead atoms. The standard InChI is InChI=1S/C23H24N2O3S/c1-16-9-11-20(12-10-16)29(27,28)24-14-21-17(2)23(26)25(18(3)22(21)15-24)13-19-7-5-4-6-8-19/h4-12H,13-15H2,1-3H3. The number of rotatable bonds is 4. The second-order valence-electron chi connectivity index (χ2n) is 7.63. The molecule has 0 saturated carbocycles. The summed E-state index contributed by atoms with van der Waals surface area (Å²) in [5, 5.41) is 0. The fraction of sp³-hybridized carbons (Fsp3) is 0.261. The molecule has 0 saturated heterocycles. The minimum Gasteiger partial charge on any atom is -0.308 e. The summed E-state index contributed by atoms with van der Waals surface area (Å²) in [6, 6.07) is 16.7. The molecule has 0 radical (unpaired) electrons. The van der Waals surface area contributed by atoms with E-state index in [9.17, 15) is 13.2 Å². The first-order chi connectivity index (χ1) is 13.8. The zero-order chi connectivity index (χ0) is 20.8. The molecule has 29 heavy (non-hydrogen) atoms. The number of aromatic nitrogens is 1. The van der Waals surface area contributed by atoms with Crippen LogP contribution < -0.4 is 5.56 Å². The van der Waals surface area contributed by atoms with E-state index in [1.165, 1.54) is 4.31 Å². The molecule has 0 N–H and O–H groups in total. The molecule has 2 heterocycles. The van der Waals surface area contributed by atoms with E-state index in [4.69, 9.17) is 0 Å². The van der Waals surface area contributed by atoms with Gasteiger partial charge in [0.1, 0.15) is 0 Å². The molecule has 5 nitrogen and oxygen atoms in total. The Morgan fingerprint density at radius 2 is 1.48 bits per heavy atom. The monoisotopic (exact) mass is 408 g/mol. The number of benzene rings is 2. The fourth-order valence-electron chi connectivity index (χ4n) is 3.91. The summed E-state index contributed by atoms with van der Waals surface area (Å²) in [6.45, 7) is 6.63. The molecular formula is C23H24N2O3S. The van der Waals surface area contributed by atoms with E-state index in [2.05, 4.69) is 0 Å². The molecule has 0 amide bonds. The summed E-state index contributed by atoms with van der Waals surface area (Å²) < 4.78 is 29.5. The van der Waals surface area contributed by atoms with Crippen LogP contribution in [0.15, 0.2) is 64.3 Å². The van der Waals surface area contributed by atoms with Gasteiger partial charge in [0, 0.05) is 24.3 Å². The molecule has 3 aromatic rings. The molecule has 150 valence electrons. The topological polar surface area (TPSA) is 59.4 Å². The highest BCUT2D eigenvalue weighted by molar-refractivity contribution is 7.89. The van der Waals surface area contributed by atoms with Crippen molar-refractivity contribution in [2.45, 2.75) is 45.3 Å². The summed E-state index contributed by atoms with van der Waals surface area (Å²) >= 11 is 0. The van der Waals surface area contributed by atoms with Gasteiger partial charge in [-0.05, 0) is 49.6 Å².